The smallest absolute Gasteiger partial charge is 0.375 e. The van der Waals surface area contributed by atoms with Gasteiger partial charge in [-0.3, -0.25) is 9.79 Å². The van der Waals surface area contributed by atoms with Crippen LogP contribution < -0.4 is 5.73 Å². The predicted octanol–water partition coefficient (Wildman–Crippen LogP) is 0.166. The van der Waals surface area contributed by atoms with Crippen molar-refractivity contribution in [3.8, 4) is 0 Å². The molecule has 18 heavy (non-hydrogen) atoms. The van der Waals surface area contributed by atoms with E-state index in [1.54, 1.807) is 0 Å². The maximum Gasteiger partial charge on any atom is 0.527 e. The summed E-state index contributed by atoms with van der Waals surface area (Å²) in [6, 6.07) is 7.95. The summed E-state index contributed by atoms with van der Waals surface area (Å²) in [5.74, 6) is -1.20. The zero-order chi connectivity index (χ0) is 13.6. The Balaban J connectivity index is 2.31. The molecule has 0 spiro atoms. The first kappa shape index (κ1) is 14.8. The van der Waals surface area contributed by atoms with Crippen LogP contribution in [0.1, 0.15) is 5.56 Å². The molecule has 0 radical (unpaired) electrons. The van der Waals surface area contributed by atoms with Crippen LogP contribution in [0.5, 0.6) is 0 Å². The van der Waals surface area contributed by atoms with Crippen LogP contribution in [-0.2, 0) is 25.2 Å². The van der Waals surface area contributed by atoms with Gasteiger partial charge in [-0.25, -0.2) is 9.36 Å². The molecule has 0 aliphatic heterocycles. The first-order valence-electron chi connectivity index (χ1n) is 5.05. The van der Waals surface area contributed by atoms with E-state index in [0.717, 1.165) is 5.56 Å². The molecular formula is C10H14NO6P. The van der Waals surface area contributed by atoms with Crippen LogP contribution in [0.25, 0.3) is 0 Å². The highest BCUT2D eigenvalue weighted by atomic mass is 31.2. The summed E-state index contributed by atoms with van der Waals surface area (Å²) in [6.07, 6.45) is 0. The van der Waals surface area contributed by atoms with Crippen molar-refractivity contribution in [1.82, 2.24) is 0 Å². The van der Waals surface area contributed by atoms with E-state index in [4.69, 9.17) is 20.3 Å². The standard InChI is InChI=1S/C10H14NO6P/c11-9(10(12)17-18(13,14)15)7-16-6-8-4-2-1-3-5-8/h1-5,9H,6-7,11H2,(H2,13,14,15)/t9-/m0/s1. The number of rotatable bonds is 6. The molecule has 7 nitrogen and oxygen atoms in total. The third kappa shape index (κ3) is 5.90. The Morgan fingerprint density at radius 3 is 2.50 bits per heavy atom. The number of benzene rings is 1. The molecule has 8 heteroatoms. The Kier molecular flexibility index (Phi) is 5.46. The molecule has 0 saturated heterocycles. The van der Waals surface area contributed by atoms with Gasteiger partial charge in [-0.1, -0.05) is 30.3 Å². The normalized spacial score (nSPS) is 13.1. The fourth-order valence-electron chi connectivity index (χ4n) is 1.13. The summed E-state index contributed by atoms with van der Waals surface area (Å²) >= 11 is 0. The van der Waals surface area contributed by atoms with Crippen molar-refractivity contribution in [2.24, 2.45) is 5.73 Å². The SMILES string of the molecule is N[C@@H](COCc1ccccc1)C(=O)OP(=O)(O)O. The van der Waals surface area contributed by atoms with E-state index in [0.29, 0.717) is 0 Å². The van der Waals surface area contributed by atoms with Crippen LogP contribution in [0.15, 0.2) is 30.3 Å². The van der Waals surface area contributed by atoms with E-state index < -0.39 is 19.8 Å². The Morgan fingerprint density at radius 1 is 1.33 bits per heavy atom. The second-order valence-corrected chi connectivity index (χ2v) is 4.67. The van der Waals surface area contributed by atoms with Gasteiger partial charge < -0.3 is 15.0 Å². The van der Waals surface area contributed by atoms with Crippen molar-refractivity contribution in [2.75, 3.05) is 6.61 Å². The highest BCUT2D eigenvalue weighted by molar-refractivity contribution is 7.46. The minimum absolute atomic E-state index is 0.187. The van der Waals surface area contributed by atoms with E-state index in [1.807, 2.05) is 30.3 Å². The third-order valence-corrected chi connectivity index (χ3v) is 2.34. The molecule has 0 aliphatic rings. The van der Waals surface area contributed by atoms with Crippen LogP contribution in [0, 0.1) is 0 Å². The summed E-state index contributed by atoms with van der Waals surface area (Å²) in [5.41, 5.74) is 6.24. The number of phosphoric ester groups is 1. The van der Waals surface area contributed by atoms with Gasteiger partial charge in [0.1, 0.15) is 6.04 Å². The maximum atomic E-state index is 11.1. The van der Waals surface area contributed by atoms with E-state index >= 15 is 0 Å². The molecule has 4 N–H and O–H groups in total. The molecule has 1 rings (SSSR count). The van der Waals surface area contributed by atoms with Gasteiger partial charge in [-0.2, -0.15) is 0 Å². The van der Waals surface area contributed by atoms with Crippen LogP contribution in [0.4, 0.5) is 0 Å². The summed E-state index contributed by atoms with van der Waals surface area (Å²) in [4.78, 5) is 27.9. The van der Waals surface area contributed by atoms with Crippen molar-refractivity contribution in [3.63, 3.8) is 0 Å². The highest BCUT2D eigenvalue weighted by Crippen LogP contribution is 2.36. The summed E-state index contributed by atoms with van der Waals surface area (Å²) in [7, 11) is -4.85. The molecule has 1 aromatic rings. The van der Waals surface area contributed by atoms with Gasteiger partial charge in [-0.15, -0.1) is 0 Å². The molecule has 0 bridgehead atoms. The summed E-state index contributed by atoms with van der Waals surface area (Å²) in [6.45, 7) is 0.0610. The second-order valence-electron chi connectivity index (χ2n) is 3.51. The zero-order valence-corrected chi connectivity index (χ0v) is 10.3. The second kappa shape index (κ2) is 6.63. The molecule has 1 atom stereocenters. The number of carbonyl (C=O) groups is 1. The molecule has 0 unspecified atom stereocenters. The molecule has 0 fully saturated rings. The van der Waals surface area contributed by atoms with E-state index in [9.17, 15) is 9.36 Å². The summed E-state index contributed by atoms with van der Waals surface area (Å²) < 4.78 is 19.4. The monoisotopic (exact) mass is 275 g/mol. The first-order valence-corrected chi connectivity index (χ1v) is 6.58. The Bertz CT molecular complexity index is 431. The molecule has 0 aliphatic carbocycles. The number of carbonyl (C=O) groups excluding carboxylic acids is 1. The molecule has 0 aromatic heterocycles. The number of hydrogen-bond acceptors (Lipinski definition) is 5. The van der Waals surface area contributed by atoms with Crippen LogP contribution >= 0.6 is 7.82 Å². The average Bonchev–Trinajstić information content (AvgIpc) is 2.28. The van der Waals surface area contributed by atoms with Crippen molar-refractivity contribution in [3.05, 3.63) is 35.9 Å². The van der Waals surface area contributed by atoms with Crippen LogP contribution in [0.3, 0.4) is 0 Å². The molecule has 0 amide bonds. The molecule has 100 valence electrons. The van der Waals surface area contributed by atoms with Crippen LogP contribution in [-0.4, -0.2) is 28.4 Å². The van der Waals surface area contributed by atoms with E-state index in [-0.39, 0.29) is 13.2 Å². The van der Waals surface area contributed by atoms with Crippen LogP contribution in [0.2, 0.25) is 0 Å². The average molecular weight is 275 g/mol. The van der Waals surface area contributed by atoms with Crippen molar-refractivity contribution in [1.29, 1.82) is 0 Å². The fourth-order valence-corrected chi connectivity index (χ4v) is 1.50. The maximum absolute atomic E-state index is 11.1. The lowest BCUT2D eigenvalue weighted by atomic mass is 10.2. The zero-order valence-electron chi connectivity index (χ0n) is 9.43. The molecule has 0 saturated carbocycles. The Labute approximate surface area is 104 Å². The van der Waals surface area contributed by atoms with Crippen molar-refractivity contribution < 1.29 is 28.4 Å². The minimum atomic E-state index is -4.85. The number of phosphoric acid groups is 1. The summed E-state index contributed by atoms with van der Waals surface area (Å²) in [5, 5.41) is 0. The van der Waals surface area contributed by atoms with Gasteiger partial charge >= 0.3 is 13.8 Å². The third-order valence-electron chi connectivity index (χ3n) is 1.92. The lowest BCUT2D eigenvalue weighted by Crippen LogP contribution is -2.36. The number of hydrogen-bond donors (Lipinski definition) is 3. The lowest BCUT2D eigenvalue weighted by Gasteiger charge is -2.12. The Morgan fingerprint density at radius 2 is 1.94 bits per heavy atom. The first-order chi connectivity index (χ1) is 8.38. The topological polar surface area (TPSA) is 119 Å². The Hall–Kier alpha value is -1.24. The molecular weight excluding hydrogens is 261 g/mol. The van der Waals surface area contributed by atoms with Gasteiger partial charge in [0.15, 0.2) is 0 Å². The lowest BCUT2D eigenvalue weighted by molar-refractivity contribution is -0.138. The molecule has 1 aromatic carbocycles. The van der Waals surface area contributed by atoms with Gasteiger partial charge in [-0.05, 0) is 5.56 Å². The van der Waals surface area contributed by atoms with E-state index in [2.05, 4.69) is 4.52 Å². The number of nitrogens with two attached hydrogens (primary N) is 1. The quantitative estimate of drug-likeness (QED) is 0.633. The van der Waals surface area contributed by atoms with Gasteiger partial charge in [0, 0.05) is 0 Å². The largest absolute Gasteiger partial charge is 0.527 e. The fraction of sp³-hybridized carbons (Fsp3) is 0.300. The van der Waals surface area contributed by atoms with Gasteiger partial charge in [0.2, 0.25) is 0 Å². The van der Waals surface area contributed by atoms with Gasteiger partial charge in [0.05, 0.1) is 13.2 Å². The minimum Gasteiger partial charge on any atom is -0.375 e. The van der Waals surface area contributed by atoms with E-state index in [1.165, 1.54) is 0 Å². The predicted molar refractivity (Wildman–Crippen MR) is 62.2 cm³/mol. The highest BCUT2D eigenvalue weighted by Gasteiger charge is 2.25. The van der Waals surface area contributed by atoms with Crippen molar-refractivity contribution in [2.45, 2.75) is 12.6 Å². The molecule has 0 heterocycles. The van der Waals surface area contributed by atoms with Gasteiger partial charge in [0.25, 0.3) is 0 Å². The van der Waals surface area contributed by atoms with Crippen molar-refractivity contribution >= 4 is 13.8 Å². The number of ether oxygens (including phenoxy) is 1.